The minimum atomic E-state index is -2.50. The molecule has 1 N–H and O–H groups in total. The Hall–Kier alpha value is -1.65. The Labute approximate surface area is 89.7 Å². The van der Waals surface area contributed by atoms with Gasteiger partial charge in [0.15, 0.2) is 0 Å². The van der Waals surface area contributed by atoms with Crippen molar-refractivity contribution in [2.45, 2.75) is 25.3 Å². The second-order valence-electron chi connectivity index (χ2n) is 4.11. The lowest BCUT2D eigenvalue weighted by Crippen LogP contribution is -2.15. The molecule has 0 aliphatic heterocycles. The van der Waals surface area contributed by atoms with E-state index in [9.17, 15) is 13.6 Å². The third-order valence-corrected chi connectivity index (χ3v) is 2.91. The third kappa shape index (κ3) is 1.35. The van der Waals surface area contributed by atoms with Crippen LogP contribution in [0.5, 0.6) is 0 Å². The van der Waals surface area contributed by atoms with E-state index in [0.717, 1.165) is 12.8 Å². The largest absolute Gasteiger partial charge is 0.326 e. The molecule has 1 aliphatic carbocycles. The van der Waals surface area contributed by atoms with E-state index in [1.165, 1.54) is 18.2 Å². The van der Waals surface area contributed by atoms with Gasteiger partial charge in [0.25, 0.3) is 6.43 Å². The van der Waals surface area contributed by atoms with E-state index < -0.39 is 6.43 Å². The van der Waals surface area contributed by atoms with Crippen LogP contribution in [0.4, 0.5) is 8.78 Å². The van der Waals surface area contributed by atoms with Crippen LogP contribution in [0.15, 0.2) is 23.0 Å². The number of nitrogens with one attached hydrogen (secondary N) is 1. The summed E-state index contributed by atoms with van der Waals surface area (Å²) in [4.78, 5) is 14.3. The molecule has 84 valence electrons. The summed E-state index contributed by atoms with van der Waals surface area (Å²) in [6.07, 6.45) is -0.598. The van der Waals surface area contributed by atoms with Crippen molar-refractivity contribution in [2.75, 3.05) is 0 Å². The summed E-state index contributed by atoms with van der Waals surface area (Å²) in [5.74, 6) is 0. The number of benzene rings is 1. The molecule has 5 heteroatoms. The van der Waals surface area contributed by atoms with Crippen molar-refractivity contribution < 1.29 is 8.78 Å². The van der Waals surface area contributed by atoms with E-state index in [1.54, 1.807) is 4.57 Å². The summed E-state index contributed by atoms with van der Waals surface area (Å²) < 4.78 is 26.7. The van der Waals surface area contributed by atoms with Gasteiger partial charge in [-0.3, -0.25) is 4.57 Å². The molecule has 0 bridgehead atoms. The number of alkyl halides is 2. The van der Waals surface area contributed by atoms with Crippen LogP contribution in [0.2, 0.25) is 0 Å². The molecule has 1 aromatic heterocycles. The Morgan fingerprint density at radius 1 is 1.38 bits per heavy atom. The first-order valence-electron chi connectivity index (χ1n) is 5.19. The lowest BCUT2D eigenvalue weighted by atomic mass is 10.2. The average molecular weight is 224 g/mol. The first-order chi connectivity index (χ1) is 7.66. The number of aromatic nitrogens is 2. The average Bonchev–Trinajstić information content (AvgIpc) is 3.00. The van der Waals surface area contributed by atoms with Crippen molar-refractivity contribution in [1.29, 1.82) is 0 Å². The third-order valence-electron chi connectivity index (χ3n) is 2.91. The Balaban J connectivity index is 2.27. The first kappa shape index (κ1) is 9.57. The standard InChI is InChI=1S/C11H10F2N2O/c12-10(13)6-1-4-8-9(5-6)15(7-2-3-7)11(16)14-8/h1,4-5,7,10H,2-3H2,(H,14,16). The van der Waals surface area contributed by atoms with Gasteiger partial charge in [0, 0.05) is 11.6 Å². The smallest absolute Gasteiger partial charge is 0.306 e. The number of hydrogen-bond acceptors (Lipinski definition) is 1. The van der Waals surface area contributed by atoms with Gasteiger partial charge in [-0.25, -0.2) is 13.6 Å². The highest BCUT2D eigenvalue weighted by Crippen LogP contribution is 2.36. The maximum atomic E-state index is 12.6. The van der Waals surface area contributed by atoms with Gasteiger partial charge < -0.3 is 4.98 Å². The van der Waals surface area contributed by atoms with E-state index in [2.05, 4.69) is 4.98 Å². The Morgan fingerprint density at radius 2 is 2.12 bits per heavy atom. The highest BCUT2D eigenvalue weighted by molar-refractivity contribution is 5.76. The first-order valence-corrected chi connectivity index (χ1v) is 5.19. The van der Waals surface area contributed by atoms with Crippen LogP contribution in [-0.4, -0.2) is 9.55 Å². The quantitative estimate of drug-likeness (QED) is 0.836. The lowest BCUT2D eigenvalue weighted by Gasteiger charge is -2.02. The molecule has 3 rings (SSSR count). The molecule has 0 radical (unpaired) electrons. The fraction of sp³-hybridized carbons (Fsp3) is 0.364. The topological polar surface area (TPSA) is 37.8 Å². The summed E-state index contributed by atoms with van der Waals surface area (Å²) >= 11 is 0. The van der Waals surface area contributed by atoms with Crippen LogP contribution in [0.25, 0.3) is 11.0 Å². The second kappa shape index (κ2) is 3.17. The predicted molar refractivity (Wildman–Crippen MR) is 55.8 cm³/mol. The van der Waals surface area contributed by atoms with Gasteiger partial charge in [0.2, 0.25) is 0 Å². The monoisotopic (exact) mass is 224 g/mol. The normalized spacial score (nSPS) is 16.2. The van der Waals surface area contributed by atoms with Gasteiger partial charge in [0.05, 0.1) is 11.0 Å². The molecule has 0 unspecified atom stereocenters. The van der Waals surface area contributed by atoms with Gasteiger partial charge in [0.1, 0.15) is 0 Å². The van der Waals surface area contributed by atoms with Gasteiger partial charge in [-0.05, 0) is 25.0 Å². The minimum absolute atomic E-state index is 0.0408. The van der Waals surface area contributed by atoms with Crippen LogP contribution in [-0.2, 0) is 0 Å². The fourth-order valence-electron chi connectivity index (χ4n) is 1.97. The molecule has 0 atom stereocenters. The zero-order chi connectivity index (χ0) is 11.3. The molecule has 1 saturated carbocycles. The SMILES string of the molecule is O=c1[nH]c2ccc(C(F)F)cc2n1C1CC1. The Bertz CT molecular complexity index is 596. The maximum absolute atomic E-state index is 12.6. The summed E-state index contributed by atoms with van der Waals surface area (Å²) in [5.41, 5.74) is 0.969. The van der Waals surface area contributed by atoms with Crippen LogP contribution in [0, 0.1) is 0 Å². The Morgan fingerprint density at radius 3 is 2.75 bits per heavy atom. The molecule has 16 heavy (non-hydrogen) atoms. The minimum Gasteiger partial charge on any atom is -0.306 e. The molecule has 0 spiro atoms. The highest BCUT2D eigenvalue weighted by Gasteiger charge is 2.27. The summed E-state index contributed by atoms with van der Waals surface area (Å²) in [7, 11) is 0. The number of fused-ring (bicyclic) bond motifs is 1. The van der Waals surface area contributed by atoms with E-state index >= 15 is 0 Å². The van der Waals surface area contributed by atoms with Gasteiger partial charge >= 0.3 is 5.69 Å². The molecular formula is C11H10F2N2O. The molecular weight excluding hydrogens is 214 g/mol. The molecule has 0 saturated heterocycles. The predicted octanol–water partition coefficient (Wildman–Crippen LogP) is 2.60. The van der Waals surface area contributed by atoms with Crippen molar-refractivity contribution >= 4 is 11.0 Å². The second-order valence-corrected chi connectivity index (χ2v) is 4.11. The maximum Gasteiger partial charge on any atom is 0.326 e. The van der Waals surface area contributed by atoms with Crippen LogP contribution in [0.1, 0.15) is 30.9 Å². The lowest BCUT2D eigenvalue weighted by molar-refractivity contribution is 0.151. The van der Waals surface area contributed by atoms with Gasteiger partial charge in [-0.2, -0.15) is 0 Å². The summed E-state index contributed by atoms with van der Waals surface area (Å²) in [6.45, 7) is 0. The zero-order valence-corrected chi connectivity index (χ0v) is 8.41. The van der Waals surface area contributed by atoms with Crippen LogP contribution in [0.3, 0.4) is 0 Å². The fourth-order valence-corrected chi connectivity index (χ4v) is 1.97. The number of aromatic amines is 1. The van der Waals surface area contributed by atoms with E-state index in [0.29, 0.717) is 11.0 Å². The van der Waals surface area contributed by atoms with Crippen molar-refractivity contribution in [3.63, 3.8) is 0 Å². The summed E-state index contributed by atoms with van der Waals surface area (Å²) in [5, 5.41) is 0. The molecule has 1 aromatic carbocycles. The zero-order valence-electron chi connectivity index (χ0n) is 8.41. The number of nitrogens with zero attached hydrogens (tertiary/aromatic N) is 1. The van der Waals surface area contributed by atoms with Crippen molar-refractivity contribution in [3.8, 4) is 0 Å². The van der Waals surface area contributed by atoms with E-state index in [4.69, 9.17) is 0 Å². The molecule has 0 amide bonds. The number of rotatable bonds is 2. The number of hydrogen-bond donors (Lipinski definition) is 1. The summed E-state index contributed by atoms with van der Waals surface area (Å²) in [6, 6.07) is 4.47. The van der Waals surface area contributed by atoms with E-state index in [-0.39, 0.29) is 17.3 Å². The van der Waals surface area contributed by atoms with Gasteiger partial charge in [-0.1, -0.05) is 6.07 Å². The number of halogens is 2. The molecule has 1 heterocycles. The van der Waals surface area contributed by atoms with Gasteiger partial charge in [-0.15, -0.1) is 0 Å². The van der Waals surface area contributed by atoms with Crippen LogP contribution < -0.4 is 5.69 Å². The highest BCUT2D eigenvalue weighted by atomic mass is 19.3. The van der Waals surface area contributed by atoms with Crippen molar-refractivity contribution in [1.82, 2.24) is 9.55 Å². The van der Waals surface area contributed by atoms with E-state index in [1.807, 2.05) is 0 Å². The molecule has 1 fully saturated rings. The Kier molecular flexibility index (Phi) is 1.89. The molecule has 1 aliphatic rings. The van der Waals surface area contributed by atoms with Crippen LogP contribution >= 0.6 is 0 Å². The number of H-pyrrole nitrogens is 1. The molecule has 2 aromatic rings. The van der Waals surface area contributed by atoms with Crippen molar-refractivity contribution in [2.24, 2.45) is 0 Å². The van der Waals surface area contributed by atoms with Crippen molar-refractivity contribution in [3.05, 3.63) is 34.2 Å². The molecule has 3 nitrogen and oxygen atoms in total. The number of imidazole rings is 1.